The number of aromatic nitrogens is 1. The Bertz CT molecular complexity index is 1280. The molecule has 0 spiro atoms. The molecule has 3 aromatic rings. The van der Waals surface area contributed by atoms with E-state index in [9.17, 15) is 14.4 Å². The fourth-order valence-electron chi connectivity index (χ4n) is 3.35. The van der Waals surface area contributed by atoms with Crippen LogP contribution in [0.2, 0.25) is 0 Å². The molecule has 1 aliphatic rings. The van der Waals surface area contributed by atoms with Gasteiger partial charge in [0.05, 0.1) is 11.3 Å². The number of benzene rings is 2. The predicted molar refractivity (Wildman–Crippen MR) is 121 cm³/mol. The van der Waals surface area contributed by atoms with Crippen LogP contribution >= 0.6 is 11.8 Å². The molecule has 0 unspecified atom stereocenters. The highest BCUT2D eigenvalue weighted by molar-refractivity contribution is 8.18. The van der Waals surface area contributed by atoms with Crippen molar-refractivity contribution in [3.63, 3.8) is 0 Å². The number of aliphatic carboxylic acids is 1. The van der Waals surface area contributed by atoms with Gasteiger partial charge < -0.3 is 20.7 Å². The summed E-state index contributed by atoms with van der Waals surface area (Å²) in [5.41, 5.74) is 8.27. The molecule has 1 aromatic heterocycles. The summed E-state index contributed by atoms with van der Waals surface area (Å²) < 4.78 is 1.75. The molecule has 8 nitrogen and oxygen atoms in total. The lowest BCUT2D eigenvalue weighted by Gasteiger charge is -2.06. The summed E-state index contributed by atoms with van der Waals surface area (Å²) in [4.78, 5) is 39.2. The van der Waals surface area contributed by atoms with Crippen LogP contribution in [0.1, 0.15) is 11.1 Å². The van der Waals surface area contributed by atoms with Gasteiger partial charge in [0.15, 0.2) is 5.17 Å². The van der Waals surface area contributed by atoms with Crippen molar-refractivity contribution in [1.82, 2.24) is 4.57 Å². The summed E-state index contributed by atoms with van der Waals surface area (Å²) in [5, 5.41) is 13.3. The van der Waals surface area contributed by atoms with Gasteiger partial charge in [-0.3, -0.25) is 14.4 Å². The number of carbonyl (C=O) groups excluding carboxylic acids is 2. The van der Waals surface area contributed by atoms with E-state index in [0.717, 1.165) is 16.5 Å². The molecule has 0 saturated carbocycles. The smallest absolute Gasteiger partial charge is 0.307 e. The van der Waals surface area contributed by atoms with Crippen molar-refractivity contribution in [2.45, 2.75) is 13.0 Å². The number of hydrogen-bond acceptors (Lipinski definition) is 5. The molecule has 4 N–H and O–H groups in total. The maximum Gasteiger partial charge on any atom is 0.307 e. The molecule has 4 rings (SSSR count). The molecular weight excluding hydrogens is 416 g/mol. The van der Waals surface area contributed by atoms with Gasteiger partial charge in [0.1, 0.15) is 6.54 Å². The maximum atomic E-state index is 12.4. The monoisotopic (exact) mass is 434 g/mol. The number of rotatable bonds is 6. The summed E-state index contributed by atoms with van der Waals surface area (Å²) in [6.07, 6.45) is 3.44. The van der Waals surface area contributed by atoms with Crippen molar-refractivity contribution in [3.8, 4) is 0 Å². The number of nitrogens with zero attached hydrogens (tertiary/aromatic N) is 2. The molecule has 0 bridgehead atoms. The van der Waals surface area contributed by atoms with Crippen molar-refractivity contribution in [2.24, 2.45) is 10.7 Å². The first-order valence-electron chi connectivity index (χ1n) is 9.35. The van der Waals surface area contributed by atoms with Gasteiger partial charge in [-0.05, 0) is 41.6 Å². The SMILES string of the molecule is NC(=O)Cn1cc(C=C2SC(Nc3cccc(CC(=O)O)c3)=NC2=O)c2ccccc21. The maximum absolute atomic E-state index is 12.4. The van der Waals surface area contributed by atoms with E-state index < -0.39 is 11.9 Å². The summed E-state index contributed by atoms with van der Waals surface area (Å²) in [7, 11) is 0. The number of hydrogen-bond donors (Lipinski definition) is 3. The Morgan fingerprint density at radius 2 is 2.00 bits per heavy atom. The topological polar surface area (TPSA) is 127 Å². The van der Waals surface area contributed by atoms with E-state index in [1.807, 2.05) is 24.3 Å². The van der Waals surface area contributed by atoms with Gasteiger partial charge in [-0.15, -0.1) is 0 Å². The van der Waals surface area contributed by atoms with Gasteiger partial charge in [0.25, 0.3) is 5.91 Å². The fourth-order valence-corrected chi connectivity index (χ4v) is 4.17. The number of nitrogens with one attached hydrogen (secondary N) is 1. The van der Waals surface area contributed by atoms with Crippen LogP contribution in [-0.4, -0.2) is 32.6 Å². The van der Waals surface area contributed by atoms with Gasteiger partial charge in [0, 0.05) is 28.4 Å². The lowest BCUT2D eigenvalue weighted by atomic mass is 10.1. The number of aliphatic imine (C=N–C) groups is 1. The first-order valence-corrected chi connectivity index (χ1v) is 10.2. The molecule has 0 aliphatic carbocycles. The minimum Gasteiger partial charge on any atom is -0.481 e. The third kappa shape index (κ3) is 4.67. The number of thioether (sulfide) groups is 1. The van der Waals surface area contributed by atoms with Crippen LogP contribution in [0.4, 0.5) is 5.69 Å². The molecule has 0 fully saturated rings. The lowest BCUT2D eigenvalue weighted by molar-refractivity contribution is -0.136. The fraction of sp³-hybridized carbons (Fsp3) is 0.0909. The highest BCUT2D eigenvalue weighted by atomic mass is 32.2. The summed E-state index contributed by atoms with van der Waals surface area (Å²) >= 11 is 1.19. The normalized spacial score (nSPS) is 14.8. The Morgan fingerprint density at radius 1 is 1.19 bits per heavy atom. The summed E-state index contributed by atoms with van der Waals surface area (Å²) in [5.74, 6) is -1.74. The van der Waals surface area contributed by atoms with Crippen molar-refractivity contribution in [1.29, 1.82) is 0 Å². The largest absolute Gasteiger partial charge is 0.481 e. The first-order chi connectivity index (χ1) is 14.9. The van der Waals surface area contributed by atoms with Gasteiger partial charge in [0.2, 0.25) is 5.91 Å². The summed E-state index contributed by atoms with van der Waals surface area (Å²) in [6.45, 7) is 0.0424. The highest BCUT2D eigenvalue weighted by Gasteiger charge is 2.23. The molecule has 2 aromatic carbocycles. The molecule has 0 atom stereocenters. The number of amidine groups is 1. The third-order valence-electron chi connectivity index (χ3n) is 4.59. The lowest BCUT2D eigenvalue weighted by Crippen LogP contribution is -2.17. The van der Waals surface area contributed by atoms with Crippen LogP contribution in [0.3, 0.4) is 0 Å². The van der Waals surface area contributed by atoms with E-state index in [-0.39, 0.29) is 18.9 Å². The zero-order chi connectivity index (χ0) is 22.0. The van der Waals surface area contributed by atoms with E-state index in [1.165, 1.54) is 11.8 Å². The molecule has 0 radical (unpaired) electrons. The van der Waals surface area contributed by atoms with Gasteiger partial charge in [-0.25, -0.2) is 0 Å². The number of primary amides is 1. The van der Waals surface area contributed by atoms with E-state index in [0.29, 0.717) is 21.3 Å². The quantitative estimate of drug-likeness (QED) is 0.512. The van der Waals surface area contributed by atoms with Crippen molar-refractivity contribution in [3.05, 3.63) is 70.8 Å². The van der Waals surface area contributed by atoms with Crippen LogP contribution in [0.25, 0.3) is 17.0 Å². The van der Waals surface area contributed by atoms with Crippen LogP contribution in [-0.2, 0) is 27.3 Å². The third-order valence-corrected chi connectivity index (χ3v) is 5.49. The minimum atomic E-state index is -0.916. The first kappa shape index (κ1) is 20.4. The van der Waals surface area contributed by atoms with Crippen molar-refractivity contribution >= 4 is 57.4 Å². The molecule has 31 heavy (non-hydrogen) atoms. The highest BCUT2D eigenvalue weighted by Crippen LogP contribution is 2.32. The number of carboxylic acid groups (broad SMARTS) is 1. The number of nitrogens with two attached hydrogens (primary N) is 1. The average molecular weight is 434 g/mol. The molecule has 0 saturated heterocycles. The Kier molecular flexibility index (Phi) is 5.59. The Morgan fingerprint density at radius 3 is 2.77 bits per heavy atom. The van der Waals surface area contributed by atoms with Crippen LogP contribution in [0.5, 0.6) is 0 Å². The number of fused-ring (bicyclic) bond motifs is 1. The van der Waals surface area contributed by atoms with E-state index in [2.05, 4.69) is 10.3 Å². The zero-order valence-corrected chi connectivity index (χ0v) is 17.1. The summed E-state index contributed by atoms with van der Waals surface area (Å²) in [6, 6.07) is 14.5. The van der Waals surface area contributed by atoms with E-state index >= 15 is 0 Å². The van der Waals surface area contributed by atoms with Crippen molar-refractivity contribution in [2.75, 3.05) is 5.32 Å². The number of amides is 2. The Labute approximate surface area is 181 Å². The molecule has 2 amide bonds. The second kappa shape index (κ2) is 8.49. The van der Waals surface area contributed by atoms with E-state index in [1.54, 1.807) is 41.1 Å². The molecule has 156 valence electrons. The average Bonchev–Trinajstić information content (AvgIpc) is 3.22. The van der Waals surface area contributed by atoms with Crippen molar-refractivity contribution < 1.29 is 19.5 Å². The molecule has 2 heterocycles. The van der Waals surface area contributed by atoms with Gasteiger partial charge in [-0.1, -0.05) is 30.3 Å². The van der Waals surface area contributed by atoms with Gasteiger partial charge >= 0.3 is 5.97 Å². The van der Waals surface area contributed by atoms with Gasteiger partial charge in [-0.2, -0.15) is 4.99 Å². The second-order valence-electron chi connectivity index (χ2n) is 6.92. The Hall–Kier alpha value is -3.85. The predicted octanol–water partition coefficient (Wildman–Crippen LogP) is 2.84. The standard InChI is InChI=1S/C22H18N4O4S/c23-19(27)12-26-11-14(16-6-1-2-7-17(16)26)10-18-21(30)25-22(31-18)24-15-5-3-4-13(8-15)9-20(28)29/h1-8,10-11H,9,12H2,(H2,23,27)(H,28,29)(H,24,25,30). The molecule has 1 aliphatic heterocycles. The number of carboxylic acids is 1. The van der Waals surface area contributed by atoms with Crippen LogP contribution in [0, 0.1) is 0 Å². The second-order valence-corrected chi connectivity index (χ2v) is 7.96. The number of para-hydroxylation sites is 1. The zero-order valence-electron chi connectivity index (χ0n) is 16.2. The minimum absolute atomic E-state index is 0.0424. The molecule has 9 heteroatoms. The molecular formula is C22H18N4O4S. The van der Waals surface area contributed by atoms with Crippen LogP contribution in [0.15, 0.2) is 64.6 Å². The number of anilines is 1. The van der Waals surface area contributed by atoms with E-state index in [4.69, 9.17) is 10.8 Å². The van der Waals surface area contributed by atoms with Crippen LogP contribution < -0.4 is 11.1 Å². The Balaban J connectivity index is 1.56. The number of carbonyl (C=O) groups is 3.